The Morgan fingerprint density at radius 3 is 2.53 bits per heavy atom. The summed E-state index contributed by atoms with van der Waals surface area (Å²) in [5, 5.41) is 2.68. The molecule has 8 heteroatoms. The van der Waals surface area contributed by atoms with E-state index in [4.69, 9.17) is 11.5 Å². The number of nitrogens with zero attached hydrogens (tertiary/aromatic N) is 1. The lowest BCUT2D eigenvalue weighted by Crippen LogP contribution is -2.48. The van der Waals surface area contributed by atoms with Crippen LogP contribution in [0.25, 0.3) is 10.2 Å². The number of para-hydroxylation sites is 1. The third-order valence-corrected chi connectivity index (χ3v) is 6.77. The Bertz CT molecular complexity index is 944. The van der Waals surface area contributed by atoms with E-state index in [1.54, 1.807) is 0 Å². The van der Waals surface area contributed by atoms with E-state index in [2.05, 4.69) is 10.3 Å². The molecule has 30 heavy (non-hydrogen) atoms. The van der Waals surface area contributed by atoms with Crippen LogP contribution in [0, 0.1) is 0 Å². The predicted octanol–water partition coefficient (Wildman–Crippen LogP) is 3.10. The van der Waals surface area contributed by atoms with Crippen LogP contribution in [-0.4, -0.2) is 34.6 Å². The number of carbonyl (C=O) groups excluding carboxylic acids is 2. The molecule has 0 saturated heterocycles. The fourth-order valence-electron chi connectivity index (χ4n) is 3.00. The maximum Gasteiger partial charge on any atom is 0.237 e. The van der Waals surface area contributed by atoms with Crippen LogP contribution < -0.4 is 16.8 Å². The molecule has 0 aliphatic rings. The van der Waals surface area contributed by atoms with Gasteiger partial charge in [0.1, 0.15) is 0 Å². The van der Waals surface area contributed by atoms with Crippen molar-refractivity contribution < 1.29 is 9.59 Å². The van der Waals surface area contributed by atoms with Crippen molar-refractivity contribution in [3.8, 4) is 0 Å². The number of amides is 1. The number of aryl methyl sites for hydroxylation is 1. The van der Waals surface area contributed by atoms with Crippen molar-refractivity contribution in [1.29, 1.82) is 0 Å². The average molecular weight is 443 g/mol. The van der Waals surface area contributed by atoms with Gasteiger partial charge in [-0.1, -0.05) is 42.5 Å². The largest absolute Gasteiger partial charge is 0.344 e. The van der Waals surface area contributed by atoms with Gasteiger partial charge in [0.25, 0.3) is 0 Å². The van der Waals surface area contributed by atoms with Gasteiger partial charge in [-0.2, -0.15) is 0 Å². The van der Waals surface area contributed by atoms with E-state index in [0.717, 1.165) is 27.5 Å². The summed E-state index contributed by atoms with van der Waals surface area (Å²) in [5.41, 5.74) is 13.7. The van der Waals surface area contributed by atoms with Crippen molar-refractivity contribution in [3.63, 3.8) is 0 Å². The standard InChI is InChI=1S/C22H26N4O2S2/c23-14-6-10-18(21(28)30-22-26-17-9-4-5-11-19(17)29-22)25-20(27)16(24)13-12-15-7-2-1-3-8-15/h1-5,7-9,11,16,18H,6,10,12-14,23-24H2,(H,25,27)/t16-,18-/m0/s1. The Kier molecular flexibility index (Phi) is 8.39. The summed E-state index contributed by atoms with van der Waals surface area (Å²) >= 11 is 2.53. The van der Waals surface area contributed by atoms with Crippen LogP contribution in [0.5, 0.6) is 0 Å². The lowest BCUT2D eigenvalue weighted by atomic mass is 10.0. The summed E-state index contributed by atoms with van der Waals surface area (Å²) in [4.78, 5) is 30.0. The monoisotopic (exact) mass is 442 g/mol. The molecule has 3 rings (SSSR count). The van der Waals surface area contributed by atoms with Crippen LogP contribution in [-0.2, 0) is 16.0 Å². The van der Waals surface area contributed by atoms with Gasteiger partial charge in [0, 0.05) is 0 Å². The minimum atomic E-state index is -0.675. The topological polar surface area (TPSA) is 111 Å². The molecule has 1 amide bonds. The number of hydrogen-bond acceptors (Lipinski definition) is 7. The summed E-state index contributed by atoms with van der Waals surface area (Å²) in [5.74, 6) is -0.314. The number of nitrogens with two attached hydrogens (primary N) is 2. The van der Waals surface area contributed by atoms with Crippen molar-refractivity contribution in [2.45, 2.75) is 42.1 Å². The van der Waals surface area contributed by atoms with E-state index in [0.29, 0.717) is 36.6 Å². The zero-order valence-electron chi connectivity index (χ0n) is 16.6. The van der Waals surface area contributed by atoms with Crippen molar-refractivity contribution >= 4 is 44.3 Å². The molecule has 0 aliphatic heterocycles. The molecular weight excluding hydrogens is 416 g/mol. The zero-order chi connectivity index (χ0) is 21.3. The number of rotatable bonds is 10. The Morgan fingerprint density at radius 2 is 1.80 bits per heavy atom. The van der Waals surface area contributed by atoms with Crippen molar-refractivity contribution in [1.82, 2.24) is 10.3 Å². The van der Waals surface area contributed by atoms with Crippen LogP contribution in [0.15, 0.2) is 58.9 Å². The molecule has 6 nitrogen and oxygen atoms in total. The maximum absolute atomic E-state index is 12.9. The highest BCUT2D eigenvalue weighted by Crippen LogP contribution is 2.30. The first-order valence-corrected chi connectivity index (χ1v) is 11.6. The number of thioether (sulfide) groups is 1. The number of benzene rings is 2. The lowest BCUT2D eigenvalue weighted by molar-refractivity contribution is -0.126. The fourth-order valence-corrected chi connectivity index (χ4v) is 5.01. The molecule has 1 aromatic heterocycles. The SMILES string of the molecule is NCCC[C@H](NC(=O)[C@@H](N)CCc1ccccc1)C(=O)Sc1nc2ccccc2s1. The third kappa shape index (κ3) is 6.37. The lowest BCUT2D eigenvalue weighted by Gasteiger charge is -2.19. The van der Waals surface area contributed by atoms with E-state index in [1.165, 1.54) is 11.3 Å². The van der Waals surface area contributed by atoms with Crippen LogP contribution in [0.2, 0.25) is 0 Å². The normalized spacial score (nSPS) is 13.1. The maximum atomic E-state index is 12.9. The van der Waals surface area contributed by atoms with Gasteiger partial charge in [0.2, 0.25) is 11.0 Å². The molecule has 0 bridgehead atoms. The summed E-state index contributed by atoms with van der Waals surface area (Å²) in [6, 6.07) is 16.3. The minimum absolute atomic E-state index is 0.147. The molecule has 1 heterocycles. The highest BCUT2D eigenvalue weighted by atomic mass is 32.2. The van der Waals surface area contributed by atoms with Gasteiger partial charge < -0.3 is 16.8 Å². The van der Waals surface area contributed by atoms with E-state index < -0.39 is 12.1 Å². The molecule has 0 fully saturated rings. The molecule has 2 aromatic carbocycles. The third-order valence-electron chi connectivity index (χ3n) is 4.68. The highest BCUT2D eigenvalue weighted by Gasteiger charge is 2.25. The number of hydrogen-bond donors (Lipinski definition) is 3. The molecule has 2 atom stereocenters. The van der Waals surface area contributed by atoms with Gasteiger partial charge in [-0.25, -0.2) is 4.98 Å². The molecular formula is C22H26N4O2S2. The second-order valence-electron chi connectivity index (χ2n) is 6.99. The van der Waals surface area contributed by atoms with Crippen LogP contribution in [0.4, 0.5) is 0 Å². The average Bonchev–Trinajstić information content (AvgIpc) is 3.17. The molecule has 0 radical (unpaired) electrons. The highest BCUT2D eigenvalue weighted by molar-refractivity contribution is 8.15. The van der Waals surface area contributed by atoms with Gasteiger partial charge in [-0.3, -0.25) is 9.59 Å². The molecule has 158 valence electrons. The predicted molar refractivity (Wildman–Crippen MR) is 123 cm³/mol. The van der Waals surface area contributed by atoms with E-state index >= 15 is 0 Å². The minimum Gasteiger partial charge on any atom is -0.344 e. The van der Waals surface area contributed by atoms with Crippen molar-refractivity contribution in [2.75, 3.05) is 6.54 Å². The molecule has 0 spiro atoms. The summed E-state index contributed by atoms with van der Waals surface area (Å²) in [6.07, 6.45) is 2.33. The number of fused-ring (bicyclic) bond motifs is 1. The second-order valence-corrected chi connectivity index (χ2v) is 9.27. The number of nitrogens with one attached hydrogen (secondary N) is 1. The van der Waals surface area contributed by atoms with Crippen LogP contribution >= 0.6 is 23.1 Å². The first-order valence-electron chi connectivity index (χ1n) is 9.94. The van der Waals surface area contributed by atoms with Gasteiger partial charge in [-0.15, -0.1) is 11.3 Å². The molecule has 0 saturated carbocycles. The smallest absolute Gasteiger partial charge is 0.237 e. The Labute approximate surface area is 184 Å². The molecule has 5 N–H and O–H groups in total. The fraction of sp³-hybridized carbons (Fsp3) is 0.318. The van der Waals surface area contributed by atoms with Gasteiger partial charge in [0.15, 0.2) is 4.34 Å². The van der Waals surface area contributed by atoms with Crippen molar-refractivity contribution in [3.05, 3.63) is 60.2 Å². The van der Waals surface area contributed by atoms with E-state index in [1.807, 2.05) is 54.6 Å². The quantitative estimate of drug-likeness (QED) is 0.416. The summed E-state index contributed by atoms with van der Waals surface area (Å²) in [6.45, 7) is 0.450. The summed E-state index contributed by atoms with van der Waals surface area (Å²) < 4.78 is 1.69. The zero-order valence-corrected chi connectivity index (χ0v) is 18.3. The Hall–Kier alpha value is -2.26. The van der Waals surface area contributed by atoms with Gasteiger partial charge in [0.05, 0.1) is 22.3 Å². The molecule has 3 aromatic rings. The summed E-state index contributed by atoms with van der Waals surface area (Å²) in [7, 11) is 0. The van der Waals surface area contributed by atoms with Gasteiger partial charge >= 0.3 is 0 Å². The van der Waals surface area contributed by atoms with Crippen molar-refractivity contribution in [2.24, 2.45) is 11.5 Å². The Balaban J connectivity index is 1.59. The molecule has 0 aliphatic carbocycles. The Morgan fingerprint density at radius 1 is 1.07 bits per heavy atom. The number of carbonyl (C=O) groups is 2. The number of aromatic nitrogens is 1. The second kappa shape index (κ2) is 11.2. The van der Waals surface area contributed by atoms with E-state index in [-0.39, 0.29) is 11.0 Å². The first-order chi connectivity index (χ1) is 14.6. The van der Waals surface area contributed by atoms with E-state index in [9.17, 15) is 9.59 Å². The number of thiazole rings is 1. The molecule has 0 unspecified atom stereocenters. The van der Waals surface area contributed by atoms with Gasteiger partial charge in [-0.05, 0) is 61.7 Å². The van der Waals surface area contributed by atoms with Crippen LogP contribution in [0.1, 0.15) is 24.8 Å². The first kappa shape index (κ1) is 22.4. The van der Waals surface area contributed by atoms with Crippen LogP contribution in [0.3, 0.4) is 0 Å².